The Hall–Kier alpha value is 0.0500. The first-order valence-electron chi connectivity index (χ1n) is 5.79. The van der Waals surface area contributed by atoms with E-state index in [0.29, 0.717) is 0 Å². The molecule has 0 unspecified atom stereocenters. The van der Waals surface area contributed by atoms with Crippen molar-refractivity contribution in [2.45, 2.75) is 45.1 Å². The Morgan fingerprint density at radius 3 is 2.50 bits per heavy atom. The Bertz CT molecular complexity index is 173. The van der Waals surface area contributed by atoms with Crippen LogP contribution in [-0.2, 0) is 0 Å². The van der Waals surface area contributed by atoms with Gasteiger partial charge in [0.15, 0.2) is 0 Å². The quantitative estimate of drug-likeness (QED) is 0.542. The molecule has 82 valence electrons. The molecule has 0 aromatic rings. The van der Waals surface area contributed by atoms with Gasteiger partial charge >= 0.3 is 0 Å². The molecule has 0 aromatic heterocycles. The summed E-state index contributed by atoms with van der Waals surface area (Å²) < 4.78 is 0. The third-order valence-electron chi connectivity index (χ3n) is 3.15. The smallest absolute Gasteiger partial charge is 0.0201 e. The normalized spacial score (nSPS) is 18.8. The van der Waals surface area contributed by atoms with Crippen LogP contribution in [0.25, 0.3) is 0 Å². The van der Waals surface area contributed by atoms with Crippen LogP contribution >= 0.6 is 12.6 Å². The van der Waals surface area contributed by atoms with Gasteiger partial charge in [-0.1, -0.05) is 38.3 Å². The van der Waals surface area contributed by atoms with Crippen molar-refractivity contribution >= 4 is 12.6 Å². The van der Waals surface area contributed by atoms with E-state index in [0.717, 1.165) is 24.9 Å². The number of nitrogens with zero attached hydrogens (tertiary/aromatic N) is 1. The molecule has 1 aliphatic rings. The highest BCUT2D eigenvalue weighted by Gasteiger charge is 2.19. The fourth-order valence-electron chi connectivity index (χ4n) is 2.28. The highest BCUT2D eigenvalue weighted by molar-refractivity contribution is 7.80. The van der Waals surface area contributed by atoms with Crippen LogP contribution in [0, 0.1) is 0 Å². The van der Waals surface area contributed by atoms with Gasteiger partial charge in [0, 0.05) is 18.3 Å². The Morgan fingerprint density at radius 2 is 2.00 bits per heavy atom. The van der Waals surface area contributed by atoms with Crippen LogP contribution < -0.4 is 0 Å². The van der Waals surface area contributed by atoms with E-state index in [-0.39, 0.29) is 0 Å². The number of hydrogen-bond acceptors (Lipinski definition) is 2. The van der Waals surface area contributed by atoms with Crippen molar-refractivity contribution in [3.05, 3.63) is 12.2 Å². The lowest BCUT2D eigenvalue weighted by Crippen LogP contribution is -2.38. The van der Waals surface area contributed by atoms with Crippen LogP contribution in [0.5, 0.6) is 0 Å². The number of thiol groups is 1. The van der Waals surface area contributed by atoms with E-state index in [9.17, 15) is 0 Å². The predicted octanol–water partition coefficient (Wildman–Crippen LogP) is 3.13. The fourth-order valence-corrected chi connectivity index (χ4v) is 2.38. The standard InChI is InChI=1S/C12H23NS/c1-3-13(9-11(2)10-14)12-7-5-4-6-8-12/h12,14H,2-10H2,1H3. The summed E-state index contributed by atoms with van der Waals surface area (Å²) in [5, 5.41) is 0. The zero-order valence-electron chi connectivity index (χ0n) is 9.34. The molecule has 0 radical (unpaired) electrons. The summed E-state index contributed by atoms with van der Waals surface area (Å²) in [6, 6.07) is 0.811. The Labute approximate surface area is 94.0 Å². The highest BCUT2D eigenvalue weighted by Crippen LogP contribution is 2.22. The molecule has 1 rings (SSSR count). The summed E-state index contributed by atoms with van der Waals surface area (Å²) in [6.07, 6.45) is 7.02. The Morgan fingerprint density at radius 1 is 1.36 bits per heavy atom. The maximum absolute atomic E-state index is 4.27. The largest absolute Gasteiger partial charge is 0.297 e. The van der Waals surface area contributed by atoms with Crippen LogP contribution in [0.2, 0.25) is 0 Å². The van der Waals surface area contributed by atoms with Crippen LogP contribution in [0.15, 0.2) is 12.2 Å². The SMILES string of the molecule is C=C(CS)CN(CC)C1CCCCC1. The second kappa shape index (κ2) is 6.52. The predicted molar refractivity (Wildman–Crippen MR) is 67.1 cm³/mol. The van der Waals surface area contributed by atoms with Crippen molar-refractivity contribution in [3.63, 3.8) is 0 Å². The van der Waals surface area contributed by atoms with Gasteiger partial charge in [-0.25, -0.2) is 0 Å². The first-order chi connectivity index (χ1) is 6.77. The minimum Gasteiger partial charge on any atom is -0.297 e. The first-order valence-corrected chi connectivity index (χ1v) is 6.42. The van der Waals surface area contributed by atoms with Crippen LogP contribution in [0.3, 0.4) is 0 Å². The topological polar surface area (TPSA) is 3.24 Å². The number of hydrogen-bond donors (Lipinski definition) is 1. The summed E-state index contributed by atoms with van der Waals surface area (Å²) in [4.78, 5) is 2.57. The van der Waals surface area contributed by atoms with Crippen molar-refractivity contribution in [2.75, 3.05) is 18.8 Å². The van der Waals surface area contributed by atoms with Crippen molar-refractivity contribution in [3.8, 4) is 0 Å². The van der Waals surface area contributed by atoms with Gasteiger partial charge in [0.2, 0.25) is 0 Å². The van der Waals surface area contributed by atoms with E-state index >= 15 is 0 Å². The van der Waals surface area contributed by atoms with E-state index in [1.807, 2.05) is 0 Å². The van der Waals surface area contributed by atoms with Gasteiger partial charge in [0.25, 0.3) is 0 Å². The third kappa shape index (κ3) is 3.66. The Kier molecular flexibility index (Phi) is 5.64. The molecule has 0 atom stereocenters. The van der Waals surface area contributed by atoms with Crippen molar-refractivity contribution < 1.29 is 0 Å². The van der Waals surface area contributed by atoms with Gasteiger partial charge in [-0.15, -0.1) is 0 Å². The zero-order valence-corrected chi connectivity index (χ0v) is 10.2. The van der Waals surface area contributed by atoms with Crippen molar-refractivity contribution in [1.29, 1.82) is 0 Å². The molecule has 0 amide bonds. The summed E-state index contributed by atoms with van der Waals surface area (Å²) in [7, 11) is 0. The molecule has 1 fully saturated rings. The van der Waals surface area contributed by atoms with Gasteiger partial charge in [-0.3, -0.25) is 4.90 Å². The Balaban J connectivity index is 2.39. The monoisotopic (exact) mass is 213 g/mol. The van der Waals surface area contributed by atoms with Crippen LogP contribution in [0.4, 0.5) is 0 Å². The molecule has 0 aliphatic heterocycles. The molecule has 1 aliphatic carbocycles. The molecule has 0 spiro atoms. The molecular formula is C12H23NS. The first kappa shape index (κ1) is 12.1. The minimum absolute atomic E-state index is 0.811. The van der Waals surface area contributed by atoms with Gasteiger partial charge in [-0.2, -0.15) is 12.6 Å². The molecule has 0 bridgehead atoms. The van der Waals surface area contributed by atoms with E-state index in [4.69, 9.17) is 0 Å². The fraction of sp³-hybridized carbons (Fsp3) is 0.833. The molecule has 1 nitrogen and oxygen atoms in total. The molecule has 2 heteroatoms. The van der Waals surface area contributed by atoms with Crippen LogP contribution in [-0.4, -0.2) is 29.8 Å². The van der Waals surface area contributed by atoms with Gasteiger partial charge in [0.05, 0.1) is 0 Å². The van der Waals surface area contributed by atoms with Crippen molar-refractivity contribution in [2.24, 2.45) is 0 Å². The lowest BCUT2D eigenvalue weighted by molar-refractivity contribution is 0.177. The van der Waals surface area contributed by atoms with Gasteiger partial charge < -0.3 is 0 Å². The lowest BCUT2D eigenvalue weighted by Gasteiger charge is -2.33. The average molecular weight is 213 g/mol. The summed E-state index contributed by atoms with van der Waals surface area (Å²) in [5.74, 6) is 0.823. The number of rotatable bonds is 5. The zero-order chi connectivity index (χ0) is 10.4. The van der Waals surface area contributed by atoms with E-state index in [1.54, 1.807) is 0 Å². The second-order valence-electron chi connectivity index (χ2n) is 4.26. The third-order valence-corrected chi connectivity index (χ3v) is 3.59. The maximum atomic E-state index is 4.27. The summed E-state index contributed by atoms with van der Waals surface area (Å²) >= 11 is 4.27. The minimum atomic E-state index is 0.811. The van der Waals surface area contributed by atoms with Gasteiger partial charge in [-0.05, 0) is 19.4 Å². The second-order valence-corrected chi connectivity index (χ2v) is 4.58. The molecule has 0 saturated heterocycles. The molecule has 14 heavy (non-hydrogen) atoms. The average Bonchev–Trinajstić information content (AvgIpc) is 2.26. The lowest BCUT2D eigenvalue weighted by atomic mass is 9.94. The van der Waals surface area contributed by atoms with Gasteiger partial charge in [0.1, 0.15) is 0 Å². The molecule has 1 saturated carbocycles. The molecule has 0 aromatic carbocycles. The van der Waals surface area contributed by atoms with Crippen molar-refractivity contribution in [1.82, 2.24) is 4.90 Å². The van der Waals surface area contributed by atoms with E-state index in [1.165, 1.54) is 37.7 Å². The highest BCUT2D eigenvalue weighted by atomic mass is 32.1. The molecule has 0 N–H and O–H groups in total. The molecular weight excluding hydrogens is 190 g/mol. The summed E-state index contributed by atoms with van der Waals surface area (Å²) in [5.41, 5.74) is 1.25. The number of likely N-dealkylation sites (N-methyl/N-ethyl adjacent to an activating group) is 1. The maximum Gasteiger partial charge on any atom is 0.0201 e. The summed E-state index contributed by atoms with van der Waals surface area (Å²) in [6.45, 7) is 8.48. The van der Waals surface area contributed by atoms with Crippen LogP contribution in [0.1, 0.15) is 39.0 Å². The van der Waals surface area contributed by atoms with E-state index < -0.39 is 0 Å². The molecule has 0 heterocycles. The van der Waals surface area contributed by atoms with E-state index in [2.05, 4.69) is 31.0 Å².